The van der Waals surface area contributed by atoms with Gasteiger partial charge in [0.25, 0.3) is 5.91 Å². The second-order valence-electron chi connectivity index (χ2n) is 5.61. The normalized spacial score (nSPS) is 13.4. The number of methoxy groups -OCH3 is 1. The van der Waals surface area contributed by atoms with E-state index in [0.717, 1.165) is 25.9 Å². The van der Waals surface area contributed by atoms with Gasteiger partial charge in [0.2, 0.25) is 5.95 Å². The van der Waals surface area contributed by atoms with Crippen molar-refractivity contribution in [1.29, 1.82) is 5.26 Å². The summed E-state index contributed by atoms with van der Waals surface area (Å²) in [6.45, 7) is 1.95. The van der Waals surface area contributed by atoms with Crippen molar-refractivity contribution in [2.75, 3.05) is 25.1 Å². The third-order valence-electron chi connectivity index (χ3n) is 3.88. The number of hydrogen-bond donors (Lipinski definition) is 1. The Morgan fingerprint density at radius 2 is 2.12 bits per heavy atom. The molecule has 1 aromatic carbocycles. The van der Waals surface area contributed by atoms with Crippen LogP contribution in [0.1, 0.15) is 34.6 Å². The molecule has 0 saturated carbocycles. The van der Waals surface area contributed by atoms with E-state index in [4.69, 9.17) is 10.00 Å². The van der Waals surface area contributed by atoms with E-state index in [0.29, 0.717) is 22.9 Å². The van der Waals surface area contributed by atoms with Crippen LogP contribution in [-0.4, -0.2) is 41.1 Å². The molecule has 128 valence electrons. The van der Waals surface area contributed by atoms with Gasteiger partial charge in [0.05, 0.1) is 25.3 Å². The zero-order valence-electron chi connectivity index (χ0n) is 13.9. The van der Waals surface area contributed by atoms with E-state index in [1.807, 2.05) is 6.07 Å². The quantitative estimate of drug-likeness (QED) is 0.875. The maximum atomic E-state index is 12.2. The molecule has 0 atom stereocenters. The molecule has 1 N–H and O–H groups in total. The van der Waals surface area contributed by atoms with Crippen LogP contribution < -0.4 is 15.0 Å². The van der Waals surface area contributed by atoms with Crippen molar-refractivity contribution < 1.29 is 9.53 Å². The zero-order chi connectivity index (χ0) is 17.6. The number of nitriles is 1. The number of nitrogens with zero attached hydrogens (tertiary/aromatic N) is 5. The smallest absolute Gasteiger partial charge is 0.321 e. The number of nitrogens with one attached hydrogen (secondary N) is 1. The fourth-order valence-corrected chi connectivity index (χ4v) is 2.61. The molecule has 1 aliphatic rings. The lowest BCUT2D eigenvalue weighted by Gasteiger charge is -2.16. The maximum Gasteiger partial charge on any atom is 0.321 e. The third-order valence-corrected chi connectivity index (χ3v) is 3.88. The zero-order valence-corrected chi connectivity index (χ0v) is 13.9. The van der Waals surface area contributed by atoms with Crippen molar-refractivity contribution in [2.24, 2.45) is 0 Å². The van der Waals surface area contributed by atoms with Gasteiger partial charge in [0, 0.05) is 18.7 Å². The van der Waals surface area contributed by atoms with Gasteiger partial charge in [-0.2, -0.15) is 20.2 Å². The molecule has 25 heavy (non-hydrogen) atoms. The molecule has 8 heteroatoms. The molecule has 0 aliphatic carbocycles. The van der Waals surface area contributed by atoms with E-state index in [-0.39, 0.29) is 18.5 Å². The molecule has 1 amide bonds. The summed E-state index contributed by atoms with van der Waals surface area (Å²) < 4.78 is 5.14. The van der Waals surface area contributed by atoms with Gasteiger partial charge in [-0.15, -0.1) is 0 Å². The molecule has 1 fully saturated rings. The minimum Gasteiger partial charge on any atom is -0.467 e. The molecule has 3 rings (SSSR count). The summed E-state index contributed by atoms with van der Waals surface area (Å²) in [4.78, 5) is 27.2. The molecule has 0 radical (unpaired) electrons. The summed E-state index contributed by atoms with van der Waals surface area (Å²) in [5.41, 5.74) is 0.852. The number of anilines is 1. The van der Waals surface area contributed by atoms with Gasteiger partial charge in [0.15, 0.2) is 5.82 Å². The predicted molar refractivity (Wildman–Crippen MR) is 90.2 cm³/mol. The van der Waals surface area contributed by atoms with Gasteiger partial charge in [0.1, 0.15) is 0 Å². The molecule has 2 aromatic rings. The van der Waals surface area contributed by atoms with Gasteiger partial charge in [-0.05, 0) is 31.0 Å². The van der Waals surface area contributed by atoms with Gasteiger partial charge < -0.3 is 15.0 Å². The van der Waals surface area contributed by atoms with E-state index in [2.05, 4.69) is 25.2 Å². The van der Waals surface area contributed by atoms with E-state index >= 15 is 0 Å². The predicted octanol–water partition coefficient (Wildman–Crippen LogP) is 1.28. The fraction of sp³-hybridized carbons (Fsp3) is 0.353. The average molecular weight is 338 g/mol. The number of rotatable bonds is 5. The summed E-state index contributed by atoms with van der Waals surface area (Å²) in [5.74, 6) is 0.706. The van der Waals surface area contributed by atoms with Gasteiger partial charge in [-0.3, -0.25) is 4.79 Å². The van der Waals surface area contributed by atoms with Crippen LogP contribution in [0.5, 0.6) is 6.01 Å². The number of amides is 1. The van der Waals surface area contributed by atoms with Crippen molar-refractivity contribution in [3.05, 3.63) is 41.2 Å². The monoisotopic (exact) mass is 338 g/mol. The lowest BCUT2D eigenvalue weighted by molar-refractivity contribution is 0.0949. The summed E-state index contributed by atoms with van der Waals surface area (Å²) in [7, 11) is 1.50. The SMILES string of the molecule is COc1nc(CNC(=O)c2cccc(C#N)c2)nc(N2CCCC2)n1. The molecular weight excluding hydrogens is 320 g/mol. The number of benzene rings is 1. The van der Waals surface area contributed by atoms with Gasteiger partial charge >= 0.3 is 6.01 Å². The van der Waals surface area contributed by atoms with Crippen LogP contribution in [0.2, 0.25) is 0 Å². The highest BCUT2D eigenvalue weighted by Gasteiger charge is 2.18. The third kappa shape index (κ3) is 4.01. The Labute approximate surface area is 145 Å². The standard InChI is InChI=1S/C17H18N6O2/c1-25-17-21-14(20-16(22-17)23-7-2-3-8-23)11-19-15(24)13-6-4-5-12(9-13)10-18/h4-6,9H,2-3,7-8,11H2,1H3,(H,19,24). The summed E-state index contributed by atoms with van der Waals surface area (Å²) in [5, 5.41) is 11.7. The minimum absolute atomic E-state index is 0.148. The fourth-order valence-electron chi connectivity index (χ4n) is 2.61. The van der Waals surface area contributed by atoms with E-state index in [1.165, 1.54) is 7.11 Å². The largest absolute Gasteiger partial charge is 0.467 e. The van der Waals surface area contributed by atoms with Crippen molar-refractivity contribution in [3.8, 4) is 12.1 Å². The Morgan fingerprint density at radius 3 is 2.84 bits per heavy atom. The molecule has 0 unspecified atom stereocenters. The molecule has 0 bridgehead atoms. The van der Waals surface area contributed by atoms with Crippen LogP contribution in [-0.2, 0) is 6.54 Å². The van der Waals surface area contributed by atoms with Crippen LogP contribution in [0.3, 0.4) is 0 Å². The highest BCUT2D eigenvalue weighted by molar-refractivity contribution is 5.94. The second-order valence-corrected chi connectivity index (χ2v) is 5.61. The first kappa shape index (κ1) is 16.6. The van der Waals surface area contributed by atoms with Crippen LogP contribution in [0, 0.1) is 11.3 Å². The first-order chi connectivity index (χ1) is 12.2. The summed E-state index contributed by atoms with van der Waals surface area (Å²) in [6, 6.07) is 8.76. The molecule has 8 nitrogen and oxygen atoms in total. The van der Waals surface area contributed by atoms with E-state index in [9.17, 15) is 4.79 Å². The van der Waals surface area contributed by atoms with Crippen molar-refractivity contribution in [3.63, 3.8) is 0 Å². The average Bonchev–Trinajstić information content (AvgIpc) is 3.20. The molecule has 1 aromatic heterocycles. The molecular formula is C17H18N6O2. The van der Waals surface area contributed by atoms with Crippen molar-refractivity contribution in [1.82, 2.24) is 20.3 Å². The topological polar surface area (TPSA) is 104 Å². The summed E-state index contributed by atoms with van der Waals surface area (Å²) in [6.07, 6.45) is 2.21. The highest BCUT2D eigenvalue weighted by atomic mass is 16.5. The Morgan fingerprint density at radius 1 is 1.32 bits per heavy atom. The Balaban J connectivity index is 1.72. The Bertz CT molecular complexity index is 811. The van der Waals surface area contributed by atoms with Crippen LogP contribution in [0.4, 0.5) is 5.95 Å². The van der Waals surface area contributed by atoms with Crippen LogP contribution in [0.15, 0.2) is 24.3 Å². The Hall–Kier alpha value is -3.21. The van der Waals surface area contributed by atoms with Gasteiger partial charge in [-0.25, -0.2) is 0 Å². The lowest BCUT2D eigenvalue weighted by Crippen LogP contribution is -2.26. The summed E-state index contributed by atoms with van der Waals surface area (Å²) >= 11 is 0. The number of hydrogen-bond acceptors (Lipinski definition) is 7. The molecule has 2 heterocycles. The van der Waals surface area contributed by atoms with Crippen molar-refractivity contribution >= 4 is 11.9 Å². The minimum atomic E-state index is -0.292. The highest BCUT2D eigenvalue weighted by Crippen LogP contribution is 2.17. The molecule has 0 spiro atoms. The van der Waals surface area contributed by atoms with Gasteiger partial charge in [-0.1, -0.05) is 6.07 Å². The number of carbonyl (C=O) groups is 1. The second kappa shape index (κ2) is 7.57. The first-order valence-electron chi connectivity index (χ1n) is 8.02. The maximum absolute atomic E-state index is 12.2. The number of carbonyl (C=O) groups excluding carboxylic acids is 1. The van der Waals surface area contributed by atoms with Crippen LogP contribution >= 0.6 is 0 Å². The molecule has 1 saturated heterocycles. The lowest BCUT2D eigenvalue weighted by atomic mass is 10.1. The number of ether oxygens (including phenoxy) is 1. The van der Waals surface area contributed by atoms with E-state index < -0.39 is 0 Å². The first-order valence-corrected chi connectivity index (χ1v) is 8.02. The Kier molecular flexibility index (Phi) is 5.04. The number of aromatic nitrogens is 3. The molecule has 1 aliphatic heterocycles. The van der Waals surface area contributed by atoms with Crippen LogP contribution in [0.25, 0.3) is 0 Å². The van der Waals surface area contributed by atoms with E-state index in [1.54, 1.807) is 24.3 Å². The van der Waals surface area contributed by atoms with Crippen molar-refractivity contribution in [2.45, 2.75) is 19.4 Å².